The van der Waals surface area contributed by atoms with Crippen molar-refractivity contribution in [2.45, 2.75) is 38.6 Å². The lowest BCUT2D eigenvalue weighted by Crippen LogP contribution is -2.26. The summed E-state index contributed by atoms with van der Waals surface area (Å²) in [5.74, 6) is 3.01. The average molecular weight is 316 g/mol. The Morgan fingerprint density at radius 1 is 1.40 bits per heavy atom. The molecule has 1 nitrogen and oxygen atoms in total. The quantitative estimate of drug-likeness (QED) is 0.788. The third-order valence-corrected chi connectivity index (χ3v) is 5.17. The van der Waals surface area contributed by atoms with E-state index >= 15 is 0 Å². The zero-order chi connectivity index (χ0) is 14.4. The molecule has 1 fully saturated rings. The molecule has 1 aromatic carbocycles. The maximum atomic E-state index is 14.2. The first-order valence-electron chi connectivity index (χ1n) is 7.46. The molecule has 2 rings (SSSR count). The van der Waals surface area contributed by atoms with Gasteiger partial charge in [-0.25, -0.2) is 4.39 Å². The van der Waals surface area contributed by atoms with Crippen LogP contribution in [0.2, 0.25) is 5.02 Å². The first kappa shape index (κ1) is 16.1. The van der Waals surface area contributed by atoms with Crippen LogP contribution >= 0.6 is 23.4 Å². The molecule has 0 aliphatic carbocycles. The molecule has 1 atom stereocenters. The van der Waals surface area contributed by atoms with Crippen LogP contribution < -0.4 is 5.32 Å². The Kier molecular flexibility index (Phi) is 6.66. The highest BCUT2D eigenvalue weighted by atomic mass is 35.5. The minimum absolute atomic E-state index is 0.111. The second kappa shape index (κ2) is 8.26. The molecule has 20 heavy (non-hydrogen) atoms. The Morgan fingerprint density at radius 2 is 2.15 bits per heavy atom. The predicted octanol–water partition coefficient (Wildman–Crippen LogP) is 5.05. The highest BCUT2D eigenvalue weighted by Gasteiger charge is 2.22. The summed E-state index contributed by atoms with van der Waals surface area (Å²) in [6.07, 6.45) is 4.60. The lowest BCUT2D eigenvalue weighted by atomic mass is 9.90. The minimum Gasteiger partial charge on any atom is -0.310 e. The van der Waals surface area contributed by atoms with Gasteiger partial charge in [0.15, 0.2) is 0 Å². The SMILES string of the molecule is CCCNC(CC1CCSCC1)c1ccc(Cl)cc1F. The topological polar surface area (TPSA) is 12.0 Å². The van der Waals surface area contributed by atoms with E-state index in [9.17, 15) is 4.39 Å². The van der Waals surface area contributed by atoms with Crippen molar-refractivity contribution in [3.8, 4) is 0 Å². The lowest BCUT2D eigenvalue weighted by molar-refractivity contribution is 0.363. The summed E-state index contributed by atoms with van der Waals surface area (Å²) in [4.78, 5) is 0. The number of nitrogens with one attached hydrogen (secondary N) is 1. The molecule has 0 radical (unpaired) electrons. The molecule has 112 valence electrons. The van der Waals surface area contributed by atoms with Gasteiger partial charge >= 0.3 is 0 Å². The van der Waals surface area contributed by atoms with Gasteiger partial charge in [0.1, 0.15) is 5.82 Å². The largest absolute Gasteiger partial charge is 0.310 e. The highest BCUT2D eigenvalue weighted by Crippen LogP contribution is 2.32. The molecule has 0 aromatic heterocycles. The number of thioether (sulfide) groups is 1. The fraction of sp³-hybridized carbons (Fsp3) is 0.625. The smallest absolute Gasteiger partial charge is 0.129 e. The summed E-state index contributed by atoms with van der Waals surface area (Å²) in [6, 6.07) is 5.16. The third kappa shape index (κ3) is 4.64. The number of benzene rings is 1. The summed E-state index contributed by atoms with van der Waals surface area (Å²) >= 11 is 7.89. The van der Waals surface area contributed by atoms with Gasteiger partial charge in [-0.3, -0.25) is 0 Å². The summed E-state index contributed by atoms with van der Waals surface area (Å²) in [5, 5.41) is 3.97. The monoisotopic (exact) mass is 315 g/mol. The molecule has 1 aliphatic rings. The fourth-order valence-corrected chi connectivity index (χ4v) is 4.10. The van der Waals surface area contributed by atoms with E-state index in [2.05, 4.69) is 12.2 Å². The van der Waals surface area contributed by atoms with Crippen molar-refractivity contribution in [3.05, 3.63) is 34.6 Å². The van der Waals surface area contributed by atoms with Crippen molar-refractivity contribution in [2.24, 2.45) is 5.92 Å². The lowest BCUT2D eigenvalue weighted by Gasteiger charge is -2.27. The van der Waals surface area contributed by atoms with Crippen LogP contribution in [0.3, 0.4) is 0 Å². The molecule has 1 aromatic rings. The van der Waals surface area contributed by atoms with E-state index in [1.165, 1.54) is 30.4 Å². The van der Waals surface area contributed by atoms with Gasteiger partial charge in [-0.05, 0) is 61.8 Å². The van der Waals surface area contributed by atoms with Crippen LogP contribution in [-0.4, -0.2) is 18.1 Å². The number of hydrogen-bond donors (Lipinski definition) is 1. The van der Waals surface area contributed by atoms with Crippen LogP contribution in [0.15, 0.2) is 18.2 Å². The Hall–Kier alpha value is -0.250. The zero-order valence-electron chi connectivity index (χ0n) is 12.0. The van der Waals surface area contributed by atoms with Crippen LogP contribution in [0.4, 0.5) is 4.39 Å². The van der Waals surface area contributed by atoms with E-state index < -0.39 is 0 Å². The van der Waals surface area contributed by atoms with E-state index in [-0.39, 0.29) is 11.9 Å². The van der Waals surface area contributed by atoms with Gasteiger partial charge in [0.05, 0.1) is 0 Å². The molecule has 1 unspecified atom stereocenters. The Morgan fingerprint density at radius 3 is 2.80 bits per heavy atom. The summed E-state index contributed by atoms with van der Waals surface area (Å²) in [5.41, 5.74) is 0.765. The molecule has 1 N–H and O–H groups in total. The molecule has 1 aliphatic heterocycles. The average Bonchev–Trinajstić information content (AvgIpc) is 2.45. The summed E-state index contributed by atoms with van der Waals surface area (Å²) in [7, 11) is 0. The predicted molar refractivity (Wildman–Crippen MR) is 87.1 cm³/mol. The van der Waals surface area contributed by atoms with Crippen LogP contribution in [0.25, 0.3) is 0 Å². The molecule has 4 heteroatoms. The second-order valence-electron chi connectivity index (χ2n) is 5.46. The van der Waals surface area contributed by atoms with E-state index in [1.54, 1.807) is 6.07 Å². The Bertz CT molecular complexity index is 421. The molecular weight excluding hydrogens is 293 g/mol. The van der Waals surface area contributed by atoms with Crippen LogP contribution in [0, 0.1) is 11.7 Å². The van der Waals surface area contributed by atoms with E-state index in [0.29, 0.717) is 10.9 Å². The van der Waals surface area contributed by atoms with Gasteiger partial charge in [-0.15, -0.1) is 0 Å². The van der Waals surface area contributed by atoms with Gasteiger partial charge in [0.25, 0.3) is 0 Å². The van der Waals surface area contributed by atoms with Crippen molar-refractivity contribution >= 4 is 23.4 Å². The summed E-state index contributed by atoms with van der Waals surface area (Å²) < 4.78 is 14.2. The molecule has 1 heterocycles. The summed E-state index contributed by atoms with van der Waals surface area (Å²) in [6.45, 7) is 3.06. The molecule has 0 amide bonds. The van der Waals surface area contributed by atoms with E-state index in [1.807, 2.05) is 17.8 Å². The van der Waals surface area contributed by atoms with Gasteiger partial charge < -0.3 is 5.32 Å². The van der Waals surface area contributed by atoms with Crippen LogP contribution in [0.1, 0.15) is 44.2 Å². The third-order valence-electron chi connectivity index (χ3n) is 3.89. The van der Waals surface area contributed by atoms with Crippen molar-refractivity contribution in [1.82, 2.24) is 5.32 Å². The zero-order valence-corrected chi connectivity index (χ0v) is 13.6. The molecule has 1 saturated heterocycles. The number of hydrogen-bond acceptors (Lipinski definition) is 2. The first-order chi connectivity index (χ1) is 9.70. The number of halogens is 2. The molecular formula is C16H23ClFNS. The van der Waals surface area contributed by atoms with Gasteiger partial charge in [-0.1, -0.05) is 24.6 Å². The Labute approximate surface area is 130 Å². The van der Waals surface area contributed by atoms with E-state index in [4.69, 9.17) is 11.6 Å². The van der Waals surface area contributed by atoms with Gasteiger partial charge in [0.2, 0.25) is 0 Å². The molecule has 0 spiro atoms. The number of rotatable bonds is 6. The highest BCUT2D eigenvalue weighted by molar-refractivity contribution is 7.99. The van der Waals surface area contributed by atoms with Crippen LogP contribution in [-0.2, 0) is 0 Å². The van der Waals surface area contributed by atoms with Crippen molar-refractivity contribution in [2.75, 3.05) is 18.1 Å². The van der Waals surface area contributed by atoms with Crippen molar-refractivity contribution in [1.29, 1.82) is 0 Å². The fourth-order valence-electron chi connectivity index (χ4n) is 2.74. The molecule has 0 bridgehead atoms. The van der Waals surface area contributed by atoms with E-state index in [0.717, 1.165) is 24.9 Å². The second-order valence-corrected chi connectivity index (χ2v) is 7.13. The van der Waals surface area contributed by atoms with Crippen molar-refractivity contribution < 1.29 is 4.39 Å². The van der Waals surface area contributed by atoms with Crippen molar-refractivity contribution in [3.63, 3.8) is 0 Å². The molecule has 0 saturated carbocycles. The standard InChI is InChI=1S/C16H23ClFNS/c1-2-7-19-16(10-12-5-8-20-9-6-12)14-4-3-13(17)11-15(14)18/h3-4,11-12,16,19H,2,5-10H2,1H3. The first-order valence-corrected chi connectivity index (χ1v) is 9.00. The Balaban J connectivity index is 2.08. The maximum Gasteiger partial charge on any atom is 0.129 e. The van der Waals surface area contributed by atoms with Gasteiger partial charge in [-0.2, -0.15) is 11.8 Å². The van der Waals surface area contributed by atoms with Gasteiger partial charge in [0, 0.05) is 16.6 Å². The normalized spacial score (nSPS) is 18.1. The minimum atomic E-state index is -0.184. The maximum absolute atomic E-state index is 14.2. The van der Waals surface area contributed by atoms with Crippen LogP contribution in [0.5, 0.6) is 0 Å².